The highest BCUT2D eigenvalue weighted by atomic mass is 19.4. The van der Waals surface area contributed by atoms with Gasteiger partial charge in [0.05, 0.1) is 5.56 Å². The zero-order valence-electron chi connectivity index (χ0n) is 10.9. The van der Waals surface area contributed by atoms with E-state index in [2.05, 4.69) is 15.4 Å². The molecule has 0 spiro atoms. The molecular formula is C12H13F3N4O. The van der Waals surface area contributed by atoms with Gasteiger partial charge in [-0.25, -0.2) is 9.99 Å². The molecule has 0 fully saturated rings. The Hall–Kier alpha value is -2.12. The fourth-order valence-electron chi connectivity index (χ4n) is 1.95. The molecule has 8 heteroatoms. The zero-order valence-corrected chi connectivity index (χ0v) is 10.9. The molecule has 0 saturated heterocycles. The smallest absolute Gasteiger partial charge is 0.357 e. The fraction of sp³-hybridized carbons (Fsp3) is 0.417. The third-order valence-electron chi connectivity index (χ3n) is 2.88. The van der Waals surface area contributed by atoms with Crippen molar-refractivity contribution in [3.8, 4) is 0 Å². The van der Waals surface area contributed by atoms with Crippen molar-refractivity contribution in [3.63, 3.8) is 0 Å². The van der Waals surface area contributed by atoms with Gasteiger partial charge in [-0.3, -0.25) is 4.79 Å². The number of aryl methyl sites for hydroxylation is 1. The lowest BCUT2D eigenvalue weighted by Crippen LogP contribution is -2.41. The van der Waals surface area contributed by atoms with Crippen LogP contribution in [0.3, 0.4) is 0 Å². The average Bonchev–Trinajstić information content (AvgIpc) is 2.85. The van der Waals surface area contributed by atoms with E-state index >= 15 is 0 Å². The number of pyridine rings is 1. The van der Waals surface area contributed by atoms with E-state index < -0.39 is 17.8 Å². The molecule has 1 amide bonds. The third-order valence-corrected chi connectivity index (χ3v) is 2.88. The highest BCUT2D eigenvalue weighted by Crippen LogP contribution is 2.32. The summed E-state index contributed by atoms with van der Waals surface area (Å²) in [7, 11) is 1.46. The Morgan fingerprint density at radius 2 is 2.15 bits per heavy atom. The quantitative estimate of drug-likeness (QED) is 0.900. The van der Waals surface area contributed by atoms with Gasteiger partial charge in [0.1, 0.15) is 11.9 Å². The molecule has 5 nitrogen and oxygen atoms in total. The number of rotatable bonds is 2. The Morgan fingerprint density at radius 1 is 1.45 bits per heavy atom. The molecule has 0 aliphatic carbocycles. The monoisotopic (exact) mass is 286 g/mol. The molecule has 1 aliphatic rings. The number of halogens is 3. The second-order valence-corrected chi connectivity index (χ2v) is 4.36. The molecule has 2 heterocycles. The lowest BCUT2D eigenvalue weighted by atomic mass is 10.2. The van der Waals surface area contributed by atoms with Crippen molar-refractivity contribution in [1.82, 2.24) is 10.3 Å². The van der Waals surface area contributed by atoms with E-state index in [-0.39, 0.29) is 17.4 Å². The average molecular weight is 286 g/mol. The van der Waals surface area contributed by atoms with E-state index in [1.807, 2.05) is 0 Å². The van der Waals surface area contributed by atoms with Crippen LogP contribution in [-0.2, 0) is 11.0 Å². The maximum Gasteiger partial charge on any atom is 0.416 e. The molecule has 1 aliphatic heterocycles. The Balaban J connectivity index is 2.39. The highest BCUT2D eigenvalue weighted by Gasteiger charge is 2.34. The summed E-state index contributed by atoms with van der Waals surface area (Å²) in [5.41, 5.74) is -0.592. The molecule has 0 saturated carbocycles. The summed E-state index contributed by atoms with van der Waals surface area (Å²) in [5, 5.41) is 7.60. The first-order valence-electron chi connectivity index (χ1n) is 5.92. The molecule has 1 aromatic rings. The van der Waals surface area contributed by atoms with E-state index in [1.54, 1.807) is 0 Å². The van der Waals surface area contributed by atoms with Crippen molar-refractivity contribution in [2.75, 3.05) is 12.1 Å². The number of likely N-dealkylation sites (N-methyl/N-ethyl adjacent to an activating group) is 1. The number of anilines is 1. The van der Waals surface area contributed by atoms with Gasteiger partial charge in [-0.1, -0.05) is 0 Å². The Morgan fingerprint density at radius 3 is 2.75 bits per heavy atom. The number of hydrazone groups is 1. The predicted octanol–water partition coefficient (Wildman–Crippen LogP) is 1.72. The van der Waals surface area contributed by atoms with Crippen molar-refractivity contribution in [2.24, 2.45) is 5.10 Å². The van der Waals surface area contributed by atoms with E-state index in [9.17, 15) is 18.0 Å². The Labute approximate surface area is 113 Å². The minimum Gasteiger partial charge on any atom is -0.357 e. The third kappa shape index (κ3) is 2.73. The van der Waals surface area contributed by atoms with Gasteiger partial charge in [-0.05, 0) is 19.1 Å². The van der Waals surface area contributed by atoms with Gasteiger partial charge in [0.15, 0.2) is 0 Å². The molecule has 1 N–H and O–H groups in total. The maximum atomic E-state index is 12.8. The molecule has 0 radical (unpaired) electrons. The fourth-order valence-corrected chi connectivity index (χ4v) is 1.95. The Kier molecular flexibility index (Phi) is 3.65. The molecule has 108 valence electrons. The van der Waals surface area contributed by atoms with E-state index in [0.29, 0.717) is 6.42 Å². The van der Waals surface area contributed by atoms with Crippen LogP contribution >= 0.6 is 0 Å². The number of amides is 1. The number of hydrogen-bond donors (Lipinski definition) is 1. The topological polar surface area (TPSA) is 57.6 Å². The molecular weight excluding hydrogens is 273 g/mol. The molecule has 1 aromatic heterocycles. The standard InChI is InChI=1S/C12H13F3N4O/c1-7-5-8(12(13,14)15)6-10(18-7)19-9(3-4-17-19)11(20)16-2/h4-6,9H,3H2,1-2H3,(H,16,20). The summed E-state index contributed by atoms with van der Waals surface area (Å²) in [6, 6.07) is 1.18. The first-order valence-corrected chi connectivity index (χ1v) is 5.92. The highest BCUT2D eigenvalue weighted by molar-refractivity contribution is 5.89. The summed E-state index contributed by atoms with van der Waals surface area (Å²) in [6.07, 6.45) is -2.65. The minimum absolute atomic E-state index is 0.0136. The summed E-state index contributed by atoms with van der Waals surface area (Å²) in [6.45, 7) is 1.47. The van der Waals surface area contributed by atoms with Crippen LogP contribution in [0.2, 0.25) is 0 Å². The SMILES string of the molecule is CNC(=O)C1CC=NN1c1cc(C(F)(F)F)cc(C)n1. The molecule has 0 bridgehead atoms. The molecule has 1 atom stereocenters. The van der Waals surface area contributed by atoms with Crippen molar-refractivity contribution in [2.45, 2.75) is 25.6 Å². The number of aromatic nitrogens is 1. The van der Waals surface area contributed by atoms with E-state index in [4.69, 9.17) is 0 Å². The van der Waals surface area contributed by atoms with Crippen molar-refractivity contribution < 1.29 is 18.0 Å². The van der Waals surface area contributed by atoms with Crippen LogP contribution in [0.15, 0.2) is 17.2 Å². The number of nitrogens with zero attached hydrogens (tertiary/aromatic N) is 3. The van der Waals surface area contributed by atoms with Gasteiger partial charge in [-0.15, -0.1) is 0 Å². The van der Waals surface area contributed by atoms with Gasteiger partial charge >= 0.3 is 6.18 Å². The van der Waals surface area contributed by atoms with Crippen LogP contribution in [-0.4, -0.2) is 30.2 Å². The number of alkyl halides is 3. The van der Waals surface area contributed by atoms with Gasteiger partial charge in [-0.2, -0.15) is 18.3 Å². The van der Waals surface area contributed by atoms with Crippen LogP contribution in [0.4, 0.5) is 19.0 Å². The Bertz CT molecular complexity index is 556. The van der Waals surface area contributed by atoms with E-state index in [1.165, 1.54) is 25.2 Å². The van der Waals surface area contributed by atoms with Gasteiger partial charge < -0.3 is 5.32 Å². The number of carbonyl (C=O) groups excluding carboxylic acids is 1. The molecule has 0 aromatic carbocycles. The normalized spacial score (nSPS) is 18.4. The van der Waals surface area contributed by atoms with Crippen LogP contribution in [0.1, 0.15) is 17.7 Å². The van der Waals surface area contributed by atoms with Gasteiger partial charge in [0, 0.05) is 25.4 Å². The van der Waals surface area contributed by atoms with Crippen molar-refractivity contribution in [3.05, 3.63) is 23.4 Å². The van der Waals surface area contributed by atoms with Gasteiger partial charge in [0.25, 0.3) is 0 Å². The summed E-state index contributed by atoms with van der Waals surface area (Å²) < 4.78 is 38.4. The van der Waals surface area contributed by atoms with Crippen molar-refractivity contribution >= 4 is 17.9 Å². The molecule has 1 unspecified atom stereocenters. The van der Waals surface area contributed by atoms with Crippen LogP contribution < -0.4 is 10.3 Å². The number of nitrogens with one attached hydrogen (secondary N) is 1. The van der Waals surface area contributed by atoms with Crippen molar-refractivity contribution in [1.29, 1.82) is 0 Å². The van der Waals surface area contributed by atoms with Crippen LogP contribution in [0.25, 0.3) is 0 Å². The molecule has 20 heavy (non-hydrogen) atoms. The van der Waals surface area contributed by atoms with Crippen LogP contribution in [0, 0.1) is 6.92 Å². The number of hydrogen-bond acceptors (Lipinski definition) is 4. The first kappa shape index (κ1) is 14.3. The second-order valence-electron chi connectivity index (χ2n) is 4.36. The largest absolute Gasteiger partial charge is 0.416 e. The summed E-state index contributed by atoms with van der Waals surface area (Å²) >= 11 is 0. The zero-order chi connectivity index (χ0) is 14.9. The van der Waals surface area contributed by atoms with Crippen LogP contribution in [0.5, 0.6) is 0 Å². The lowest BCUT2D eigenvalue weighted by molar-refractivity contribution is -0.137. The maximum absolute atomic E-state index is 12.8. The summed E-state index contributed by atoms with van der Waals surface area (Å²) in [4.78, 5) is 15.7. The van der Waals surface area contributed by atoms with Gasteiger partial charge in [0.2, 0.25) is 5.91 Å². The first-order chi connectivity index (χ1) is 9.32. The number of carbonyl (C=O) groups is 1. The minimum atomic E-state index is -4.46. The summed E-state index contributed by atoms with van der Waals surface area (Å²) in [5.74, 6) is -0.306. The predicted molar refractivity (Wildman–Crippen MR) is 67.4 cm³/mol. The molecule has 2 rings (SSSR count). The van der Waals surface area contributed by atoms with E-state index in [0.717, 1.165) is 12.1 Å². The lowest BCUT2D eigenvalue weighted by Gasteiger charge is -2.22. The second kappa shape index (κ2) is 5.10.